The molecule has 1 aromatic rings. The maximum absolute atomic E-state index is 5.85. The SMILES string of the molecule is CCC1CCCC1Nc1ccc(Cl)nc1C. The molecule has 1 aliphatic carbocycles. The predicted molar refractivity (Wildman–Crippen MR) is 69.0 cm³/mol. The lowest BCUT2D eigenvalue weighted by molar-refractivity contribution is 0.489. The predicted octanol–water partition coefficient (Wildman–Crippen LogP) is 4.03. The van der Waals surface area contributed by atoms with Crippen LogP contribution in [-0.4, -0.2) is 11.0 Å². The Morgan fingerprint density at radius 2 is 2.25 bits per heavy atom. The maximum atomic E-state index is 5.85. The van der Waals surface area contributed by atoms with E-state index < -0.39 is 0 Å². The van der Waals surface area contributed by atoms with Crippen LogP contribution >= 0.6 is 11.6 Å². The summed E-state index contributed by atoms with van der Waals surface area (Å²) in [5, 5.41) is 4.19. The molecular weight excluding hydrogens is 220 g/mol. The largest absolute Gasteiger partial charge is 0.381 e. The summed E-state index contributed by atoms with van der Waals surface area (Å²) < 4.78 is 0. The molecule has 0 aromatic carbocycles. The van der Waals surface area contributed by atoms with E-state index in [-0.39, 0.29) is 0 Å². The van der Waals surface area contributed by atoms with Crippen LogP contribution < -0.4 is 5.32 Å². The average molecular weight is 239 g/mol. The number of anilines is 1. The zero-order chi connectivity index (χ0) is 11.5. The van der Waals surface area contributed by atoms with Crippen LogP contribution in [-0.2, 0) is 0 Å². The Kier molecular flexibility index (Phi) is 3.70. The van der Waals surface area contributed by atoms with Gasteiger partial charge in [0.05, 0.1) is 11.4 Å². The molecule has 0 radical (unpaired) electrons. The standard InChI is InChI=1S/C13H19ClN2/c1-3-10-5-4-6-12(10)16-11-7-8-13(14)15-9(11)2/h7-8,10,12,16H,3-6H2,1-2H3. The fraction of sp³-hybridized carbons (Fsp3) is 0.615. The molecule has 2 unspecified atom stereocenters. The van der Waals surface area contributed by atoms with Crippen molar-refractivity contribution in [1.29, 1.82) is 0 Å². The van der Waals surface area contributed by atoms with Gasteiger partial charge in [0.25, 0.3) is 0 Å². The molecule has 1 heterocycles. The number of pyridine rings is 1. The molecule has 2 nitrogen and oxygen atoms in total. The molecule has 1 aliphatic rings. The smallest absolute Gasteiger partial charge is 0.129 e. The monoisotopic (exact) mass is 238 g/mol. The zero-order valence-corrected chi connectivity index (χ0v) is 10.7. The molecule has 2 atom stereocenters. The summed E-state index contributed by atoms with van der Waals surface area (Å²) in [5.41, 5.74) is 2.13. The molecule has 1 aromatic heterocycles. The molecular formula is C13H19ClN2. The first-order valence-corrected chi connectivity index (χ1v) is 6.48. The summed E-state index contributed by atoms with van der Waals surface area (Å²) in [5.74, 6) is 0.815. The molecule has 0 aliphatic heterocycles. The van der Waals surface area contributed by atoms with E-state index >= 15 is 0 Å². The number of aryl methyl sites for hydroxylation is 1. The number of hydrogen-bond acceptors (Lipinski definition) is 2. The maximum Gasteiger partial charge on any atom is 0.129 e. The Labute approximate surface area is 102 Å². The highest BCUT2D eigenvalue weighted by Crippen LogP contribution is 2.31. The highest BCUT2D eigenvalue weighted by Gasteiger charge is 2.25. The number of nitrogens with zero attached hydrogens (tertiary/aromatic N) is 1. The van der Waals surface area contributed by atoms with Gasteiger partial charge in [0.1, 0.15) is 5.15 Å². The Balaban J connectivity index is 2.08. The minimum atomic E-state index is 0.571. The van der Waals surface area contributed by atoms with Gasteiger partial charge in [-0.05, 0) is 37.8 Å². The summed E-state index contributed by atoms with van der Waals surface area (Å²) in [7, 11) is 0. The van der Waals surface area contributed by atoms with Crippen LogP contribution in [0.1, 0.15) is 38.3 Å². The molecule has 1 fully saturated rings. The van der Waals surface area contributed by atoms with Crippen molar-refractivity contribution < 1.29 is 0 Å². The van der Waals surface area contributed by atoms with Crippen LogP contribution in [0.4, 0.5) is 5.69 Å². The second kappa shape index (κ2) is 5.05. The van der Waals surface area contributed by atoms with Gasteiger partial charge in [-0.3, -0.25) is 0 Å². The summed E-state index contributed by atoms with van der Waals surface area (Å²) in [6.45, 7) is 4.28. The molecule has 3 heteroatoms. The molecule has 0 amide bonds. The van der Waals surface area contributed by atoms with Crippen LogP contribution in [0.15, 0.2) is 12.1 Å². The number of halogens is 1. The lowest BCUT2D eigenvalue weighted by Gasteiger charge is -2.21. The van der Waals surface area contributed by atoms with E-state index in [9.17, 15) is 0 Å². The van der Waals surface area contributed by atoms with Gasteiger partial charge in [0, 0.05) is 6.04 Å². The third-order valence-electron chi connectivity index (χ3n) is 3.58. The lowest BCUT2D eigenvalue weighted by Crippen LogP contribution is -2.24. The van der Waals surface area contributed by atoms with Crippen molar-refractivity contribution in [3.63, 3.8) is 0 Å². The number of rotatable bonds is 3. The van der Waals surface area contributed by atoms with Gasteiger partial charge >= 0.3 is 0 Å². The number of hydrogen-bond donors (Lipinski definition) is 1. The van der Waals surface area contributed by atoms with Crippen molar-refractivity contribution in [3.8, 4) is 0 Å². The van der Waals surface area contributed by atoms with Gasteiger partial charge in [-0.2, -0.15) is 0 Å². The summed E-state index contributed by atoms with van der Waals surface area (Å²) in [6, 6.07) is 4.51. The lowest BCUT2D eigenvalue weighted by atomic mass is 10.0. The second-order valence-corrected chi connectivity index (χ2v) is 5.00. The van der Waals surface area contributed by atoms with Crippen molar-refractivity contribution in [3.05, 3.63) is 23.0 Å². The first-order chi connectivity index (χ1) is 7.70. The van der Waals surface area contributed by atoms with E-state index in [1.165, 1.54) is 25.7 Å². The fourth-order valence-electron chi connectivity index (χ4n) is 2.60. The van der Waals surface area contributed by atoms with Crippen molar-refractivity contribution in [1.82, 2.24) is 4.98 Å². The highest BCUT2D eigenvalue weighted by molar-refractivity contribution is 6.29. The van der Waals surface area contributed by atoms with Crippen LogP contribution in [0.5, 0.6) is 0 Å². The molecule has 0 bridgehead atoms. The van der Waals surface area contributed by atoms with Crippen molar-refractivity contribution in [2.45, 2.75) is 45.6 Å². The topological polar surface area (TPSA) is 24.9 Å². The Bertz CT molecular complexity index is 365. The number of nitrogens with one attached hydrogen (secondary N) is 1. The first kappa shape index (κ1) is 11.7. The van der Waals surface area contributed by atoms with Gasteiger partial charge < -0.3 is 5.32 Å². The Morgan fingerprint density at radius 1 is 1.44 bits per heavy atom. The minimum Gasteiger partial charge on any atom is -0.381 e. The van der Waals surface area contributed by atoms with Crippen molar-refractivity contribution >= 4 is 17.3 Å². The van der Waals surface area contributed by atoms with Crippen LogP contribution in [0.2, 0.25) is 5.15 Å². The summed E-state index contributed by atoms with van der Waals surface area (Å²) in [4.78, 5) is 4.27. The Morgan fingerprint density at radius 3 is 2.94 bits per heavy atom. The van der Waals surface area contributed by atoms with Crippen LogP contribution in [0.3, 0.4) is 0 Å². The highest BCUT2D eigenvalue weighted by atomic mass is 35.5. The normalized spacial score (nSPS) is 24.7. The molecule has 88 valence electrons. The second-order valence-electron chi connectivity index (χ2n) is 4.62. The third kappa shape index (κ3) is 2.49. The molecule has 2 rings (SSSR count). The van der Waals surface area contributed by atoms with Gasteiger partial charge in [0.15, 0.2) is 0 Å². The Hall–Kier alpha value is -0.760. The van der Waals surface area contributed by atoms with Gasteiger partial charge in [-0.25, -0.2) is 4.98 Å². The fourth-order valence-corrected chi connectivity index (χ4v) is 2.79. The van der Waals surface area contributed by atoms with E-state index in [0.29, 0.717) is 11.2 Å². The molecule has 0 spiro atoms. The number of aromatic nitrogens is 1. The molecule has 1 N–H and O–H groups in total. The zero-order valence-electron chi connectivity index (χ0n) is 9.96. The molecule has 0 saturated heterocycles. The van der Waals surface area contributed by atoms with Crippen molar-refractivity contribution in [2.75, 3.05) is 5.32 Å². The molecule has 1 saturated carbocycles. The average Bonchev–Trinajstić information content (AvgIpc) is 2.69. The third-order valence-corrected chi connectivity index (χ3v) is 3.79. The first-order valence-electron chi connectivity index (χ1n) is 6.10. The van der Waals surface area contributed by atoms with Gasteiger partial charge in [-0.1, -0.05) is 31.4 Å². The van der Waals surface area contributed by atoms with E-state index in [0.717, 1.165) is 17.3 Å². The van der Waals surface area contributed by atoms with Crippen LogP contribution in [0, 0.1) is 12.8 Å². The minimum absolute atomic E-state index is 0.571. The van der Waals surface area contributed by atoms with E-state index in [1.54, 1.807) is 0 Å². The van der Waals surface area contributed by atoms with E-state index in [1.807, 2.05) is 19.1 Å². The van der Waals surface area contributed by atoms with Gasteiger partial charge in [-0.15, -0.1) is 0 Å². The van der Waals surface area contributed by atoms with Crippen LogP contribution in [0.25, 0.3) is 0 Å². The van der Waals surface area contributed by atoms with E-state index in [2.05, 4.69) is 17.2 Å². The van der Waals surface area contributed by atoms with E-state index in [4.69, 9.17) is 11.6 Å². The summed E-state index contributed by atoms with van der Waals surface area (Å²) in [6.07, 6.45) is 5.24. The van der Waals surface area contributed by atoms with Crippen molar-refractivity contribution in [2.24, 2.45) is 5.92 Å². The quantitative estimate of drug-likeness (QED) is 0.805. The summed E-state index contributed by atoms with van der Waals surface area (Å²) >= 11 is 5.85. The van der Waals surface area contributed by atoms with Gasteiger partial charge in [0.2, 0.25) is 0 Å². The molecule has 16 heavy (non-hydrogen) atoms.